The quantitative estimate of drug-likeness (QED) is 0.732. The lowest BCUT2D eigenvalue weighted by Gasteiger charge is -2.19. The van der Waals surface area contributed by atoms with Gasteiger partial charge < -0.3 is 0 Å². The Hall–Kier alpha value is -1.78. The lowest BCUT2D eigenvalue weighted by Crippen LogP contribution is -2.30. The molecule has 3 rings (SSSR count). The van der Waals surface area contributed by atoms with Crippen molar-refractivity contribution < 1.29 is 18.4 Å². The molecule has 0 aromatic heterocycles. The van der Waals surface area contributed by atoms with Crippen molar-refractivity contribution in [2.75, 3.05) is 4.90 Å². The van der Waals surface area contributed by atoms with Crippen molar-refractivity contribution >= 4 is 17.5 Å². The Morgan fingerprint density at radius 3 is 2.05 bits per heavy atom. The molecule has 5 heteroatoms. The first kappa shape index (κ1) is 12.3. The van der Waals surface area contributed by atoms with E-state index in [0.717, 1.165) is 29.9 Å². The number of carbonyl (C=O) groups excluding carboxylic acids is 2. The molecule has 0 radical (unpaired) electrons. The maximum atomic E-state index is 13.2. The van der Waals surface area contributed by atoms with Gasteiger partial charge in [-0.1, -0.05) is 12.8 Å². The molecule has 3 nitrogen and oxygen atoms in total. The van der Waals surface area contributed by atoms with E-state index in [1.807, 2.05) is 0 Å². The molecule has 2 amide bonds. The molecule has 1 heterocycles. The van der Waals surface area contributed by atoms with Gasteiger partial charge in [-0.05, 0) is 25.0 Å². The van der Waals surface area contributed by atoms with Gasteiger partial charge in [-0.15, -0.1) is 0 Å². The SMILES string of the molecule is O=C1C2CCCCC2C(=O)N1c1ccc(F)c(F)c1. The first-order chi connectivity index (χ1) is 9.09. The molecule has 0 spiro atoms. The zero-order valence-electron chi connectivity index (χ0n) is 10.2. The molecular weight excluding hydrogens is 252 g/mol. The van der Waals surface area contributed by atoms with Gasteiger partial charge in [0.1, 0.15) is 0 Å². The molecule has 2 atom stereocenters. The second-order valence-electron chi connectivity index (χ2n) is 5.11. The number of hydrogen-bond acceptors (Lipinski definition) is 2. The van der Waals surface area contributed by atoms with Crippen molar-refractivity contribution in [1.29, 1.82) is 0 Å². The molecule has 2 fully saturated rings. The highest BCUT2D eigenvalue weighted by Gasteiger charge is 2.48. The number of benzene rings is 1. The van der Waals surface area contributed by atoms with Gasteiger partial charge in [0.2, 0.25) is 11.8 Å². The molecule has 0 bridgehead atoms. The summed E-state index contributed by atoms with van der Waals surface area (Å²) in [5, 5.41) is 0. The molecule has 1 saturated carbocycles. The molecule has 2 unspecified atom stereocenters. The molecule has 0 N–H and O–H groups in total. The number of rotatable bonds is 1. The van der Waals surface area contributed by atoms with Crippen molar-refractivity contribution in [2.24, 2.45) is 11.8 Å². The minimum atomic E-state index is -1.05. The largest absolute Gasteiger partial charge is 0.274 e. The van der Waals surface area contributed by atoms with E-state index in [0.29, 0.717) is 12.8 Å². The smallest absolute Gasteiger partial charge is 0.237 e. The first-order valence-corrected chi connectivity index (χ1v) is 6.42. The van der Waals surface area contributed by atoms with Gasteiger partial charge in [-0.2, -0.15) is 0 Å². The van der Waals surface area contributed by atoms with Crippen LogP contribution in [0.25, 0.3) is 0 Å². The standard InChI is InChI=1S/C14H13F2NO2/c15-11-6-5-8(7-12(11)16)17-13(18)9-3-1-2-4-10(9)14(17)19/h5-7,9-10H,1-4H2. The third-order valence-electron chi connectivity index (χ3n) is 4.00. The summed E-state index contributed by atoms with van der Waals surface area (Å²) >= 11 is 0. The maximum absolute atomic E-state index is 13.2. The predicted molar refractivity (Wildman–Crippen MR) is 64.3 cm³/mol. The second kappa shape index (κ2) is 4.40. The Bertz CT molecular complexity index is 534. The van der Waals surface area contributed by atoms with E-state index in [1.165, 1.54) is 6.07 Å². The molecular formula is C14H13F2NO2. The van der Waals surface area contributed by atoms with Gasteiger partial charge >= 0.3 is 0 Å². The lowest BCUT2D eigenvalue weighted by atomic mass is 9.81. The summed E-state index contributed by atoms with van der Waals surface area (Å²) in [6, 6.07) is 3.11. The summed E-state index contributed by atoms with van der Waals surface area (Å²) in [7, 11) is 0. The highest BCUT2D eigenvalue weighted by molar-refractivity contribution is 6.22. The molecule has 19 heavy (non-hydrogen) atoms. The van der Waals surface area contributed by atoms with E-state index in [2.05, 4.69) is 0 Å². The maximum Gasteiger partial charge on any atom is 0.237 e. The second-order valence-corrected chi connectivity index (χ2v) is 5.11. The van der Waals surface area contributed by atoms with Crippen LogP contribution in [0.15, 0.2) is 18.2 Å². The van der Waals surface area contributed by atoms with Crippen molar-refractivity contribution in [3.8, 4) is 0 Å². The highest BCUT2D eigenvalue weighted by atomic mass is 19.2. The number of amides is 2. The number of hydrogen-bond donors (Lipinski definition) is 0. The number of imide groups is 1. The van der Waals surface area contributed by atoms with Crippen LogP contribution in [0, 0.1) is 23.5 Å². The summed E-state index contributed by atoms with van der Waals surface area (Å²) < 4.78 is 26.1. The van der Waals surface area contributed by atoms with Crippen LogP contribution in [-0.4, -0.2) is 11.8 Å². The van der Waals surface area contributed by atoms with Crippen LogP contribution in [0.3, 0.4) is 0 Å². The molecule has 1 aliphatic carbocycles. The van der Waals surface area contributed by atoms with Crippen LogP contribution in [-0.2, 0) is 9.59 Å². The van der Waals surface area contributed by atoms with E-state index in [-0.39, 0.29) is 29.3 Å². The third-order valence-corrected chi connectivity index (χ3v) is 4.00. The van der Waals surface area contributed by atoms with Gasteiger partial charge in [-0.3, -0.25) is 9.59 Å². The normalized spacial score (nSPS) is 26.7. The number of carbonyl (C=O) groups is 2. The number of anilines is 1. The monoisotopic (exact) mass is 265 g/mol. The molecule has 2 aliphatic rings. The van der Waals surface area contributed by atoms with Crippen molar-refractivity contribution in [3.63, 3.8) is 0 Å². The van der Waals surface area contributed by atoms with Gasteiger partial charge in [0.05, 0.1) is 17.5 Å². The van der Waals surface area contributed by atoms with Gasteiger partial charge in [0.15, 0.2) is 11.6 Å². The first-order valence-electron chi connectivity index (χ1n) is 6.42. The Balaban J connectivity index is 1.98. The van der Waals surface area contributed by atoms with E-state index in [4.69, 9.17) is 0 Å². The molecule has 1 aliphatic heterocycles. The number of nitrogens with zero attached hydrogens (tertiary/aromatic N) is 1. The van der Waals surface area contributed by atoms with Crippen LogP contribution in [0.5, 0.6) is 0 Å². The van der Waals surface area contributed by atoms with Crippen LogP contribution in [0.4, 0.5) is 14.5 Å². The summed E-state index contributed by atoms with van der Waals surface area (Å²) in [6.45, 7) is 0. The minimum Gasteiger partial charge on any atom is -0.274 e. The summed E-state index contributed by atoms with van der Waals surface area (Å²) in [6.07, 6.45) is 3.28. The van der Waals surface area contributed by atoms with Gasteiger partial charge in [-0.25, -0.2) is 13.7 Å². The Morgan fingerprint density at radius 1 is 0.947 bits per heavy atom. The summed E-state index contributed by atoms with van der Waals surface area (Å²) in [5.41, 5.74) is 0.128. The summed E-state index contributed by atoms with van der Waals surface area (Å²) in [4.78, 5) is 25.5. The van der Waals surface area contributed by atoms with Crippen molar-refractivity contribution in [2.45, 2.75) is 25.7 Å². The van der Waals surface area contributed by atoms with Crippen LogP contribution in [0.2, 0.25) is 0 Å². The Labute approximate surface area is 109 Å². The average Bonchev–Trinajstić information content (AvgIpc) is 2.66. The molecule has 1 aromatic carbocycles. The lowest BCUT2D eigenvalue weighted by molar-refractivity contribution is -0.122. The zero-order chi connectivity index (χ0) is 13.6. The van der Waals surface area contributed by atoms with E-state index in [9.17, 15) is 18.4 Å². The van der Waals surface area contributed by atoms with E-state index < -0.39 is 11.6 Å². The fourth-order valence-corrected chi connectivity index (χ4v) is 3.04. The van der Waals surface area contributed by atoms with Crippen LogP contribution >= 0.6 is 0 Å². The van der Waals surface area contributed by atoms with Gasteiger partial charge in [0.25, 0.3) is 0 Å². The van der Waals surface area contributed by atoms with Crippen molar-refractivity contribution in [3.05, 3.63) is 29.8 Å². The minimum absolute atomic E-state index is 0.128. The van der Waals surface area contributed by atoms with Crippen LogP contribution in [0.1, 0.15) is 25.7 Å². The number of fused-ring (bicyclic) bond motifs is 1. The molecule has 100 valence electrons. The van der Waals surface area contributed by atoms with Crippen molar-refractivity contribution in [1.82, 2.24) is 0 Å². The van der Waals surface area contributed by atoms with E-state index in [1.54, 1.807) is 0 Å². The summed E-state index contributed by atoms with van der Waals surface area (Å²) in [5.74, 6) is -3.15. The third kappa shape index (κ3) is 1.84. The zero-order valence-corrected chi connectivity index (χ0v) is 10.2. The molecule has 1 saturated heterocycles. The van der Waals surface area contributed by atoms with Crippen LogP contribution < -0.4 is 4.90 Å². The topological polar surface area (TPSA) is 37.4 Å². The predicted octanol–water partition coefficient (Wildman–Crippen LogP) is 2.64. The fourth-order valence-electron chi connectivity index (χ4n) is 3.04. The van der Waals surface area contributed by atoms with E-state index >= 15 is 0 Å². The fraction of sp³-hybridized carbons (Fsp3) is 0.429. The Morgan fingerprint density at radius 2 is 1.53 bits per heavy atom. The molecule has 1 aromatic rings. The number of halogens is 2. The average molecular weight is 265 g/mol. The highest BCUT2D eigenvalue weighted by Crippen LogP contribution is 2.40. The Kier molecular flexibility index (Phi) is 2.84. The van der Waals surface area contributed by atoms with Gasteiger partial charge in [0, 0.05) is 6.07 Å².